The van der Waals surface area contributed by atoms with E-state index in [1.54, 1.807) is 0 Å². The van der Waals surface area contributed by atoms with Gasteiger partial charge in [0.25, 0.3) is 0 Å². The Morgan fingerprint density at radius 1 is 1.43 bits per heavy atom. The zero-order chi connectivity index (χ0) is 14.9. The number of oxime groups is 1. The Kier molecular flexibility index (Phi) is 3.57. The molecular weight excluding hydrogens is 264 g/mol. The number of aryl methyl sites for hydroxylation is 1. The molecule has 1 aromatic heterocycles. The summed E-state index contributed by atoms with van der Waals surface area (Å²) in [6, 6.07) is 8.27. The van der Waals surface area contributed by atoms with Gasteiger partial charge in [-0.25, -0.2) is 4.98 Å². The number of amidine groups is 1. The number of rotatable bonds is 6. The maximum absolute atomic E-state index is 8.81. The van der Waals surface area contributed by atoms with Gasteiger partial charge in [0.05, 0.1) is 11.0 Å². The molecule has 0 spiro atoms. The number of nitrogens with zero attached hydrogens (tertiary/aromatic N) is 3. The fourth-order valence-electron chi connectivity index (χ4n) is 3.04. The first-order valence-electron chi connectivity index (χ1n) is 7.58. The number of para-hydroxylation sites is 2. The summed E-state index contributed by atoms with van der Waals surface area (Å²) in [4.78, 5) is 4.77. The summed E-state index contributed by atoms with van der Waals surface area (Å²) < 4.78 is 2.33. The second kappa shape index (κ2) is 5.39. The predicted molar refractivity (Wildman–Crippen MR) is 83.4 cm³/mol. The summed E-state index contributed by atoms with van der Waals surface area (Å²) in [7, 11) is 0. The predicted octanol–water partition coefficient (Wildman–Crippen LogP) is 2.91. The van der Waals surface area contributed by atoms with Crippen molar-refractivity contribution in [2.45, 2.75) is 45.6 Å². The Balaban J connectivity index is 1.94. The number of fused-ring (bicyclic) bond motifs is 1. The van der Waals surface area contributed by atoms with Gasteiger partial charge in [0.2, 0.25) is 0 Å². The van der Waals surface area contributed by atoms with Gasteiger partial charge in [-0.2, -0.15) is 0 Å². The van der Waals surface area contributed by atoms with Crippen molar-refractivity contribution in [1.82, 2.24) is 9.55 Å². The number of imidazole rings is 1. The summed E-state index contributed by atoms with van der Waals surface area (Å²) in [5.74, 6) is 1.47. The van der Waals surface area contributed by atoms with Crippen LogP contribution in [0.4, 0.5) is 0 Å². The smallest absolute Gasteiger partial charge is 0.139 e. The summed E-state index contributed by atoms with van der Waals surface area (Å²) in [5.41, 5.74) is 8.10. The van der Waals surface area contributed by atoms with Crippen LogP contribution in [0.25, 0.3) is 11.0 Å². The number of benzene rings is 1. The highest BCUT2D eigenvalue weighted by molar-refractivity contribution is 5.81. The third kappa shape index (κ3) is 2.73. The first-order chi connectivity index (χ1) is 10.2. The molecule has 3 N–H and O–H groups in total. The molecule has 3 rings (SSSR count). The van der Waals surface area contributed by atoms with E-state index in [1.165, 1.54) is 5.52 Å². The third-order valence-corrected chi connectivity index (χ3v) is 4.34. The van der Waals surface area contributed by atoms with Gasteiger partial charge in [-0.15, -0.1) is 0 Å². The Morgan fingerprint density at radius 3 is 2.86 bits per heavy atom. The Labute approximate surface area is 124 Å². The lowest BCUT2D eigenvalue weighted by Gasteiger charge is -2.17. The van der Waals surface area contributed by atoms with Gasteiger partial charge in [-0.1, -0.05) is 24.2 Å². The highest BCUT2D eigenvalue weighted by Gasteiger charge is 2.44. The normalized spacial score (nSPS) is 17.3. The second-order valence-electron chi connectivity index (χ2n) is 6.12. The van der Waals surface area contributed by atoms with Gasteiger partial charge in [0, 0.05) is 19.4 Å². The molecule has 0 aliphatic heterocycles. The lowest BCUT2D eigenvalue weighted by molar-refractivity contribution is 0.313. The van der Waals surface area contributed by atoms with Gasteiger partial charge < -0.3 is 15.5 Å². The van der Waals surface area contributed by atoms with Crippen LogP contribution in [0, 0.1) is 5.41 Å². The molecule has 112 valence electrons. The molecular formula is C16H22N4O. The average molecular weight is 286 g/mol. The van der Waals surface area contributed by atoms with Crippen LogP contribution in [0.3, 0.4) is 0 Å². The van der Waals surface area contributed by atoms with Crippen molar-refractivity contribution in [2.75, 3.05) is 0 Å². The summed E-state index contributed by atoms with van der Waals surface area (Å²) in [6.45, 7) is 3.08. The van der Waals surface area contributed by atoms with Crippen LogP contribution < -0.4 is 5.73 Å². The second-order valence-corrected chi connectivity index (χ2v) is 6.12. The topological polar surface area (TPSA) is 76.4 Å². The lowest BCUT2D eigenvalue weighted by Crippen LogP contribution is -2.22. The van der Waals surface area contributed by atoms with Gasteiger partial charge in [-0.05, 0) is 36.8 Å². The molecule has 0 amide bonds. The van der Waals surface area contributed by atoms with Crippen molar-refractivity contribution >= 4 is 16.9 Å². The highest BCUT2D eigenvalue weighted by Crippen LogP contribution is 2.50. The molecule has 1 saturated carbocycles. The minimum absolute atomic E-state index is 0.141. The van der Waals surface area contributed by atoms with Crippen LogP contribution in [-0.4, -0.2) is 20.6 Å². The molecule has 1 aliphatic carbocycles. The zero-order valence-corrected chi connectivity index (χ0v) is 12.4. The van der Waals surface area contributed by atoms with Crippen LogP contribution in [0.1, 0.15) is 38.4 Å². The molecule has 1 aliphatic rings. The molecule has 21 heavy (non-hydrogen) atoms. The molecule has 2 aromatic rings. The fraction of sp³-hybridized carbons (Fsp3) is 0.500. The highest BCUT2D eigenvalue weighted by atomic mass is 16.4. The van der Waals surface area contributed by atoms with E-state index in [1.807, 2.05) is 6.07 Å². The molecule has 5 nitrogen and oxygen atoms in total. The van der Waals surface area contributed by atoms with Crippen LogP contribution >= 0.6 is 0 Å². The van der Waals surface area contributed by atoms with Gasteiger partial charge in [-0.3, -0.25) is 0 Å². The molecule has 0 unspecified atom stereocenters. The monoisotopic (exact) mass is 286 g/mol. The molecule has 0 saturated heterocycles. The quantitative estimate of drug-likeness (QED) is 0.371. The number of hydrogen-bond acceptors (Lipinski definition) is 3. The Bertz CT molecular complexity index is 670. The third-order valence-electron chi connectivity index (χ3n) is 4.34. The summed E-state index contributed by atoms with van der Waals surface area (Å²) in [6.07, 6.45) is 4.97. The maximum atomic E-state index is 8.81. The van der Waals surface area contributed by atoms with Crippen molar-refractivity contribution in [2.24, 2.45) is 16.3 Å². The molecule has 1 fully saturated rings. The van der Waals surface area contributed by atoms with Crippen molar-refractivity contribution in [3.05, 3.63) is 30.1 Å². The number of hydrogen-bond donors (Lipinski definition) is 2. The van der Waals surface area contributed by atoms with Crippen molar-refractivity contribution in [3.63, 3.8) is 0 Å². The minimum atomic E-state index is 0.141. The molecule has 1 heterocycles. The van der Waals surface area contributed by atoms with Crippen molar-refractivity contribution < 1.29 is 5.21 Å². The fourth-order valence-corrected chi connectivity index (χ4v) is 3.04. The van der Waals surface area contributed by atoms with E-state index in [2.05, 4.69) is 34.8 Å². The van der Waals surface area contributed by atoms with Gasteiger partial charge in [0.15, 0.2) is 0 Å². The van der Waals surface area contributed by atoms with E-state index >= 15 is 0 Å². The summed E-state index contributed by atoms with van der Waals surface area (Å²) >= 11 is 0. The zero-order valence-electron chi connectivity index (χ0n) is 12.4. The van der Waals surface area contributed by atoms with E-state index in [4.69, 9.17) is 15.9 Å². The SMILES string of the molecule is CCCc1nc2ccccc2n1CC1(C/C(N)=N/O)CC1. The van der Waals surface area contributed by atoms with E-state index < -0.39 is 0 Å². The van der Waals surface area contributed by atoms with Crippen LogP contribution in [-0.2, 0) is 13.0 Å². The van der Waals surface area contributed by atoms with Gasteiger partial charge in [0.1, 0.15) is 11.7 Å². The van der Waals surface area contributed by atoms with E-state index in [0.717, 1.165) is 43.6 Å². The first kappa shape index (κ1) is 13.9. The summed E-state index contributed by atoms with van der Waals surface area (Å²) in [5, 5.41) is 11.9. The molecule has 0 bridgehead atoms. The largest absolute Gasteiger partial charge is 0.409 e. The molecule has 0 atom stereocenters. The number of nitrogens with two attached hydrogens (primary N) is 1. The van der Waals surface area contributed by atoms with Crippen LogP contribution in [0.15, 0.2) is 29.4 Å². The number of aromatic nitrogens is 2. The molecule has 5 heteroatoms. The van der Waals surface area contributed by atoms with Crippen molar-refractivity contribution in [1.29, 1.82) is 0 Å². The molecule has 0 radical (unpaired) electrons. The Hall–Kier alpha value is -2.04. The van der Waals surface area contributed by atoms with Crippen LogP contribution in [0.5, 0.6) is 0 Å². The molecule has 1 aromatic carbocycles. The first-order valence-corrected chi connectivity index (χ1v) is 7.58. The van der Waals surface area contributed by atoms with Gasteiger partial charge >= 0.3 is 0 Å². The van der Waals surface area contributed by atoms with E-state index in [0.29, 0.717) is 12.3 Å². The van der Waals surface area contributed by atoms with E-state index in [9.17, 15) is 0 Å². The average Bonchev–Trinajstić information content (AvgIpc) is 3.16. The maximum Gasteiger partial charge on any atom is 0.139 e. The Morgan fingerprint density at radius 2 is 2.19 bits per heavy atom. The standard InChI is InChI=1S/C16H22N4O/c1-2-5-15-18-12-6-3-4-7-13(12)20(15)11-16(8-9-16)10-14(17)19-21/h3-4,6-7,21H,2,5,8-11H2,1H3,(H2,17,19). The lowest BCUT2D eigenvalue weighted by atomic mass is 10.0. The van der Waals surface area contributed by atoms with E-state index in [-0.39, 0.29) is 5.41 Å². The van der Waals surface area contributed by atoms with Crippen molar-refractivity contribution in [3.8, 4) is 0 Å². The van der Waals surface area contributed by atoms with Crippen LogP contribution in [0.2, 0.25) is 0 Å². The minimum Gasteiger partial charge on any atom is -0.409 e.